The monoisotopic (exact) mass is 345 g/mol. The van der Waals surface area contributed by atoms with Gasteiger partial charge in [-0.05, 0) is 30.7 Å². The zero-order chi connectivity index (χ0) is 17.1. The number of nitrogens with two attached hydrogens (primary N) is 1. The number of anilines is 1. The largest absolute Gasteiger partial charge is 0.336 e. The Morgan fingerprint density at radius 2 is 1.83 bits per heavy atom. The lowest BCUT2D eigenvalue weighted by atomic mass is 10.2. The zero-order valence-electron chi connectivity index (χ0n) is 12.8. The molecule has 24 heavy (non-hydrogen) atoms. The summed E-state index contributed by atoms with van der Waals surface area (Å²) in [5, 5.41) is 3.25. The van der Waals surface area contributed by atoms with Crippen LogP contribution in [-0.4, -0.2) is 45.8 Å². The van der Waals surface area contributed by atoms with Crippen molar-refractivity contribution in [2.75, 3.05) is 18.4 Å². The van der Waals surface area contributed by atoms with Crippen molar-refractivity contribution in [1.29, 1.82) is 0 Å². The van der Waals surface area contributed by atoms with E-state index in [1.165, 1.54) is 12.4 Å². The zero-order valence-corrected chi connectivity index (χ0v) is 13.5. The minimum absolute atomic E-state index is 0.0158. The van der Waals surface area contributed by atoms with Crippen molar-refractivity contribution in [2.45, 2.75) is 12.5 Å². The molecule has 124 valence electrons. The number of rotatable bonds is 3. The fourth-order valence-electron chi connectivity index (χ4n) is 2.51. The Kier molecular flexibility index (Phi) is 4.73. The Labute approximate surface area is 143 Å². The molecule has 1 atom stereocenters. The Morgan fingerprint density at radius 3 is 2.46 bits per heavy atom. The van der Waals surface area contributed by atoms with Crippen molar-refractivity contribution < 1.29 is 9.59 Å². The van der Waals surface area contributed by atoms with Crippen molar-refractivity contribution >= 4 is 29.1 Å². The molecule has 0 aliphatic carbocycles. The second-order valence-electron chi connectivity index (χ2n) is 5.51. The lowest BCUT2D eigenvalue weighted by molar-refractivity contribution is 0.0778. The highest BCUT2D eigenvalue weighted by Gasteiger charge is 2.29. The van der Waals surface area contributed by atoms with Crippen LogP contribution in [0.3, 0.4) is 0 Å². The van der Waals surface area contributed by atoms with Gasteiger partial charge in [-0.1, -0.05) is 11.6 Å². The van der Waals surface area contributed by atoms with Gasteiger partial charge in [-0.25, -0.2) is 9.97 Å². The molecule has 1 fully saturated rings. The number of aromatic nitrogens is 2. The van der Waals surface area contributed by atoms with Crippen molar-refractivity contribution in [3.8, 4) is 0 Å². The summed E-state index contributed by atoms with van der Waals surface area (Å²) >= 11 is 5.82. The number of carbonyl (C=O) groups is 2. The van der Waals surface area contributed by atoms with Crippen LogP contribution >= 0.6 is 11.6 Å². The number of hydrogen-bond donors (Lipinski definition) is 2. The molecule has 0 saturated carbocycles. The maximum absolute atomic E-state index is 12.6. The average molecular weight is 346 g/mol. The summed E-state index contributed by atoms with van der Waals surface area (Å²) in [6.45, 7) is 1.00. The van der Waals surface area contributed by atoms with Gasteiger partial charge in [0, 0.05) is 42.2 Å². The number of amides is 2. The van der Waals surface area contributed by atoms with Gasteiger partial charge in [-0.15, -0.1) is 0 Å². The van der Waals surface area contributed by atoms with E-state index in [1.807, 2.05) is 0 Å². The summed E-state index contributed by atoms with van der Waals surface area (Å²) in [6, 6.07) is 6.60. The SMILES string of the molecule is N[C@@H]1CCN(C(=O)c2nccnc2C(=O)Nc2ccc(Cl)cc2)C1. The van der Waals surface area contributed by atoms with Gasteiger partial charge < -0.3 is 16.0 Å². The fraction of sp³-hybridized carbons (Fsp3) is 0.250. The minimum Gasteiger partial charge on any atom is -0.336 e. The highest BCUT2D eigenvalue weighted by Crippen LogP contribution is 2.16. The number of nitrogens with one attached hydrogen (secondary N) is 1. The second kappa shape index (κ2) is 6.94. The first-order valence-corrected chi connectivity index (χ1v) is 7.85. The van der Waals surface area contributed by atoms with Crippen LogP contribution in [0.5, 0.6) is 0 Å². The van der Waals surface area contributed by atoms with Gasteiger partial charge in [0.05, 0.1) is 0 Å². The average Bonchev–Trinajstić information content (AvgIpc) is 3.02. The van der Waals surface area contributed by atoms with Gasteiger partial charge >= 0.3 is 0 Å². The molecule has 0 spiro atoms. The molecule has 1 aromatic heterocycles. The molecule has 3 N–H and O–H groups in total. The predicted octanol–water partition coefficient (Wildman–Crippen LogP) is 1.56. The van der Waals surface area contributed by atoms with Crippen LogP contribution in [0.4, 0.5) is 5.69 Å². The van der Waals surface area contributed by atoms with Crippen LogP contribution < -0.4 is 11.1 Å². The molecule has 3 rings (SSSR count). The first-order chi connectivity index (χ1) is 11.5. The normalized spacial score (nSPS) is 16.9. The molecule has 1 aromatic carbocycles. The van der Waals surface area contributed by atoms with E-state index in [4.69, 9.17) is 17.3 Å². The molecule has 2 heterocycles. The molecule has 0 radical (unpaired) electrons. The first-order valence-electron chi connectivity index (χ1n) is 7.47. The lowest BCUT2D eigenvalue weighted by Crippen LogP contribution is -2.34. The lowest BCUT2D eigenvalue weighted by Gasteiger charge is -2.16. The standard InChI is InChI=1S/C16H16ClN5O2/c17-10-1-3-12(4-2-10)21-15(23)13-14(20-7-6-19-13)16(24)22-8-5-11(18)9-22/h1-4,6-7,11H,5,8-9,18H2,(H,21,23)/t11-/m1/s1. The van der Waals surface area contributed by atoms with Gasteiger partial charge in [0.1, 0.15) is 0 Å². The van der Waals surface area contributed by atoms with Crippen molar-refractivity contribution in [2.24, 2.45) is 5.73 Å². The van der Waals surface area contributed by atoms with Crippen molar-refractivity contribution in [3.05, 3.63) is 53.1 Å². The first kappa shape index (κ1) is 16.4. The van der Waals surface area contributed by atoms with Crippen LogP contribution in [0, 0.1) is 0 Å². The van der Waals surface area contributed by atoms with E-state index >= 15 is 0 Å². The molecule has 0 bridgehead atoms. The number of nitrogens with zero attached hydrogens (tertiary/aromatic N) is 3. The maximum atomic E-state index is 12.6. The Bertz CT molecular complexity index is 765. The van der Waals surface area contributed by atoms with Gasteiger partial charge in [-0.2, -0.15) is 0 Å². The summed E-state index contributed by atoms with van der Waals surface area (Å²) in [4.78, 5) is 34.7. The van der Waals surface area contributed by atoms with E-state index < -0.39 is 5.91 Å². The van der Waals surface area contributed by atoms with E-state index in [1.54, 1.807) is 29.2 Å². The third-order valence-corrected chi connectivity index (χ3v) is 3.98. The third kappa shape index (κ3) is 3.52. The van der Waals surface area contributed by atoms with E-state index in [9.17, 15) is 9.59 Å². The van der Waals surface area contributed by atoms with Crippen LogP contribution in [0.15, 0.2) is 36.7 Å². The predicted molar refractivity (Wildman–Crippen MR) is 89.9 cm³/mol. The molecule has 1 aliphatic heterocycles. The summed E-state index contributed by atoms with van der Waals surface area (Å²) < 4.78 is 0. The fourth-order valence-corrected chi connectivity index (χ4v) is 2.63. The topological polar surface area (TPSA) is 101 Å². The number of halogens is 1. The Morgan fingerprint density at radius 1 is 1.17 bits per heavy atom. The van der Waals surface area contributed by atoms with E-state index in [-0.39, 0.29) is 23.3 Å². The molecule has 1 aliphatic rings. The van der Waals surface area contributed by atoms with Crippen LogP contribution in [0.2, 0.25) is 5.02 Å². The minimum atomic E-state index is -0.503. The number of likely N-dealkylation sites (tertiary alicyclic amines) is 1. The summed E-state index contributed by atoms with van der Waals surface area (Å²) in [7, 11) is 0. The number of benzene rings is 1. The van der Waals surface area contributed by atoms with Gasteiger partial charge in [0.15, 0.2) is 11.4 Å². The van der Waals surface area contributed by atoms with Gasteiger partial charge in [0.25, 0.3) is 11.8 Å². The number of hydrogen-bond acceptors (Lipinski definition) is 5. The molecule has 7 nitrogen and oxygen atoms in total. The highest BCUT2D eigenvalue weighted by molar-refractivity contribution is 6.30. The molecule has 1 saturated heterocycles. The highest BCUT2D eigenvalue weighted by atomic mass is 35.5. The summed E-state index contributed by atoms with van der Waals surface area (Å²) in [5.41, 5.74) is 6.40. The maximum Gasteiger partial charge on any atom is 0.276 e. The van der Waals surface area contributed by atoms with Crippen LogP contribution in [-0.2, 0) is 0 Å². The number of carbonyl (C=O) groups excluding carboxylic acids is 2. The molecular formula is C16H16ClN5O2. The molecule has 2 amide bonds. The van der Waals surface area contributed by atoms with Gasteiger partial charge in [0.2, 0.25) is 0 Å². The molecule has 2 aromatic rings. The summed E-state index contributed by atoms with van der Waals surface area (Å²) in [6.07, 6.45) is 3.50. The van der Waals surface area contributed by atoms with E-state index in [2.05, 4.69) is 15.3 Å². The molecule has 0 unspecified atom stereocenters. The quantitative estimate of drug-likeness (QED) is 0.879. The van der Waals surface area contributed by atoms with Crippen LogP contribution in [0.25, 0.3) is 0 Å². The second-order valence-corrected chi connectivity index (χ2v) is 5.95. The smallest absolute Gasteiger partial charge is 0.276 e. The van der Waals surface area contributed by atoms with Crippen molar-refractivity contribution in [1.82, 2.24) is 14.9 Å². The Hall–Kier alpha value is -2.51. The summed E-state index contributed by atoms with van der Waals surface area (Å²) in [5.74, 6) is -0.838. The van der Waals surface area contributed by atoms with Crippen molar-refractivity contribution in [3.63, 3.8) is 0 Å². The third-order valence-electron chi connectivity index (χ3n) is 3.73. The van der Waals surface area contributed by atoms with Crippen LogP contribution in [0.1, 0.15) is 27.4 Å². The molecular weight excluding hydrogens is 330 g/mol. The van der Waals surface area contributed by atoms with Gasteiger partial charge in [-0.3, -0.25) is 9.59 Å². The molecule has 8 heteroatoms. The van der Waals surface area contributed by atoms with E-state index in [0.717, 1.165) is 6.42 Å². The Balaban J connectivity index is 1.81. The van der Waals surface area contributed by atoms with E-state index in [0.29, 0.717) is 23.8 Å².